The number of phenols is 1. The Labute approximate surface area is 298 Å². The fourth-order valence-electron chi connectivity index (χ4n) is 9.08. The maximum Gasteiger partial charge on any atom is 0.238 e. The van der Waals surface area contributed by atoms with Crippen molar-refractivity contribution >= 4 is 50.6 Å². The summed E-state index contributed by atoms with van der Waals surface area (Å²) in [6, 6.07) is 30.9. The zero-order chi connectivity index (χ0) is 34.7. The Morgan fingerprint density at radius 3 is 2.26 bits per heavy atom. The van der Waals surface area contributed by atoms with E-state index in [0.29, 0.717) is 41.0 Å². The summed E-state index contributed by atoms with van der Waals surface area (Å²) >= 11 is 3.44. The van der Waals surface area contributed by atoms with Crippen molar-refractivity contribution in [1.82, 2.24) is 0 Å². The van der Waals surface area contributed by atoms with E-state index in [9.17, 15) is 14.7 Å². The molecule has 8 heteroatoms. The molecule has 0 aromatic heterocycles. The second kappa shape index (κ2) is 12.4. The minimum absolute atomic E-state index is 0.0371. The first-order valence-electron chi connectivity index (χ1n) is 17.0. The number of anilines is 1. The highest BCUT2D eigenvalue weighted by Gasteiger charge is 2.66. The normalized spacial score (nSPS) is 27.2. The lowest BCUT2D eigenvalue weighted by molar-refractivity contribution is -0.135. The van der Waals surface area contributed by atoms with Crippen LogP contribution in [0.2, 0.25) is 0 Å². The smallest absolute Gasteiger partial charge is 0.238 e. The molecule has 4 aliphatic rings. The number of fused-ring (bicyclic) bond motifs is 4. The molecular formula is C42H34BrNO6. The summed E-state index contributed by atoms with van der Waals surface area (Å²) in [6.07, 6.45) is 4.08. The molecule has 50 heavy (non-hydrogen) atoms. The van der Waals surface area contributed by atoms with E-state index < -0.39 is 35.0 Å². The van der Waals surface area contributed by atoms with E-state index in [1.807, 2.05) is 73.7 Å². The van der Waals surface area contributed by atoms with Gasteiger partial charge in [0.05, 0.1) is 29.5 Å². The van der Waals surface area contributed by atoms with Crippen molar-refractivity contribution in [2.45, 2.75) is 31.1 Å². The zero-order valence-electron chi connectivity index (χ0n) is 27.3. The Balaban J connectivity index is 1.36. The summed E-state index contributed by atoms with van der Waals surface area (Å²) in [4.78, 5) is 60.0. The molecule has 1 saturated carbocycles. The first-order valence-corrected chi connectivity index (χ1v) is 17.7. The lowest BCUT2D eigenvalue weighted by Gasteiger charge is -2.55. The number of hydrogen-bond donors (Lipinski definition) is 1. The molecule has 7 nitrogen and oxygen atoms in total. The van der Waals surface area contributed by atoms with Gasteiger partial charge in [-0.25, -0.2) is 0 Å². The Morgan fingerprint density at radius 1 is 0.860 bits per heavy atom. The third-order valence-electron chi connectivity index (χ3n) is 11.1. The number of Topliss-reactive ketones (excluding diaryl/α,β-unsaturated/α-hetero) is 1. The minimum Gasteiger partial charge on any atom is -0.504 e. The van der Waals surface area contributed by atoms with Gasteiger partial charge in [0.2, 0.25) is 11.8 Å². The fraction of sp³-hybridized carbons (Fsp3) is 0.238. The van der Waals surface area contributed by atoms with Gasteiger partial charge in [-0.3, -0.25) is 24.1 Å². The number of imide groups is 1. The monoisotopic (exact) mass is 727 g/mol. The molecule has 4 aromatic carbocycles. The number of hydrogen-bond acceptors (Lipinski definition) is 6. The van der Waals surface area contributed by atoms with Crippen LogP contribution in [0.4, 0.5) is 5.69 Å². The van der Waals surface area contributed by atoms with E-state index in [1.54, 1.807) is 42.5 Å². The van der Waals surface area contributed by atoms with Gasteiger partial charge in [-0.1, -0.05) is 94.3 Å². The van der Waals surface area contributed by atoms with Gasteiger partial charge in [-0.2, -0.15) is 0 Å². The van der Waals surface area contributed by atoms with Gasteiger partial charge in [0, 0.05) is 21.9 Å². The zero-order valence-corrected chi connectivity index (χ0v) is 28.9. The predicted octanol–water partition coefficient (Wildman–Crippen LogP) is 7.58. The summed E-state index contributed by atoms with van der Waals surface area (Å²) in [5.74, 6) is -4.02. The van der Waals surface area contributed by atoms with Crippen molar-refractivity contribution < 1.29 is 29.0 Å². The SMILES string of the molecule is CCOc1cc(C2C3=CCC4C(=O)N(c5ccc(Br)cc5)C(=O)C4C3CC3C(=O)C(c4ccccc4)=CC(=O)C32c2ccccc2)ccc1O. The minimum atomic E-state index is -1.36. The van der Waals surface area contributed by atoms with E-state index in [0.717, 1.165) is 10.0 Å². The lowest BCUT2D eigenvalue weighted by atomic mass is 9.44. The number of carbonyl (C=O) groups excluding carboxylic acids is 4. The fourth-order valence-corrected chi connectivity index (χ4v) is 9.34. The number of ketones is 2. The maximum absolute atomic E-state index is 15.2. The molecule has 3 aliphatic carbocycles. The maximum atomic E-state index is 15.2. The third kappa shape index (κ3) is 4.76. The van der Waals surface area contributed by atoms with Crippen molar-refractivity contribution in [2.75, 3.05) is 11.5 Å². The first kappa shape index (κ1) is 32.1. The summed E-state index contributed by atoms with van der Waals surface area (Å²) in [6.45, 7) is 2.14. The Kier molecular flexibility index (Phi) is 7.94. The highest BCUT2D eigenvalue weighted by Crippen LogP contribution is 2.64. The van der Waals surface area contributed by atoms with Crippen molar-refractivity contribution in [3.63, 3.8) is 0 Å². The molecular weight excluding hydrogens is 694 g/mol. The number of carbonyl (C=O) groups is 4. The quantitative estimate of drug-likeness (QED) is 0.162. The molecule has 0 spiro atoms. The Bertz CT molecular complexity index is 2110. The van der Waals surface area contributed by atoms with Gasteiger partial charge in [0.25, 0.3) is 0 Å². The van der Waals surface area contributed by atoms with Crippen LogP contribution in [0.5, 0.6) is 11.5 Å². The van der Waals surface area contributed by atoms with Crippen molar-refractivity contribution in [2.24, 2.45) is 23.7 Å². The van der Waals surface area contributed by atoms with Gasteiger partial charge >= 0.3 is 0 Å². The second-order valence-corrected chi connectivity index (χ2v) is 14.4. The van der Waals surface area contributed by atoms with Crippen LogP contribution in [0.3, 0.4) is 0 Å². The molecule has 1 saturated heterocycles. The molecule has 6 atom stereocenters. The molecule has 2 fully saturated rings. The summed E-state index contributed by atoms with van der Waals surface area (Å²) in [5, 5.41) is 10.7. The first-order chi connectivity index (χ1) is 24.2. The molecule has 0 radical (unpaired) electrons. The highest BCUT2D eigenvalue weighted by atomic mass is 79.9. The van der Waals surface area contributed by atoms with Crippen LogP contribution in [0, 0.1) is 23.7 Å². The van der Waals surface area contributed by atoms with E-state index in [-0.39, 0.29) is 41.3 Å². The van der Waals surface area contributed by atoms with Gasteiger partial charge in [-0.05, 0) is 84.8 Å². The Morgan fingerprint density at radius 2 is 1.56 bits per heavy atom. The van der Waals surface area contributed by atoms with E-state index in [2.05, 4.69) is 15.9 Å². The van der Waals surface area contributed by atoms with Crippen LogP contribution in [-0.2, 0) is 24.6 Å². The topological polar surface area (TPSA) is 101 Å². The van der Waals surface area contributed by atoms with Crippen molar-refractivity contribution in [3.05, 3.63) is 142 Å². The van der Waals surface area contributed by atoms with E-state index in [1.165, 1.54) is 11.0 Å². The molecule has 8 rings (SSSR count). The van der Waals surface area contributed by atoms with Crippen LogP contribution in [0.25, 0.3) is 5.57 Å². The van der Waals surface area contributed by atoms with Crippen molar-refractivity contribution in [1.29, 1.82) is 0 Å². The summed E-state index contributed by atoms with van der Waals surface area (Å²) in [5.41, 5.74) is 2.39. The van der Waals surface area contributed by atoms with Gasteiger partial charge in [-0.15, -0.1) is 0 Å². The van der Waals surface area contributed by atoms with Gasteiger partial charge in [0.1, 0.15) is 0 Å². The number of phenolic OH excluding ortho intramolecular Hbond substituents is 1. The van der Waals surface area contributed by atoms with E-state index >= 15 is 9.59 Å². The number of allylic oxidation sites excluding steroid dienone is 4. The number of rotatable bonds is 6. The molecule has 4 aromatic rings. The summed E-state index contributed by atoms with van der Waals surface area (Å²) in [7, 11) is 0. The van der Waals surface area contributed by atoms with Gasteiger partial charge < -0.3 is 9.84 Å². The number of amides is 2. The molecule has 1 N–H and O–H groups in total. The second-order valence-electron chi connectivity index (χ2n) is 13.4. The molecule has 1 heterocycles. The largest absolute Gasteiger partial charge is 0.504 e. The lowest BCUT2D eigenvalue weighted by Crippen LogP contribution is -2.58. The number of benzene rings is 4. The molecule has 250 valence electrons. The standard InChI is InChI=1S/C42H34BrNO6/c1-2-50-35-21-25(13-20-34(35)45)38-29-18-19-30-37(41(49)44(40(30)48)28-16-14-27(43)15-17-28)32(29)22-33-39(47)31(24-9-5-3-6-10-24)23-36(46)42(33,38)26-11-7-4-8-12-26/h3-18,20-21,23,30,32-33,37-38,45H,2,19,22H2,1H3. The molecule has 2 amide bonds. The predicted molar refractivity (Wildman–Crippen MR) is 192 cm³/mol. The van der Waals surface area contributed by atoms with Crippen LogP contribution in [0.15, 0.2) is 125 Å². The van der Waals surface area contributed by atoms with Gasteiger partial charge in [0.15, 0.2) is 23.1 Å². The van der Waals surface area contributed by atoms with Crippen LogP contribution < -0.4 is 9.64 Å². The molecule has 0 bridgehead atoms. The average Bonchev–Trinajstić information content (AvgIpc) is 3.40. The molecule has 1 aliphatic heterocycles. The average molecular weight is 729 g/mol. The highest BCUT2D eigenvalue weighted by molar-refractivity contribution is 9.10. The van der Waals surface area contributed by atoms with E-state index in [4.69, 9.17) is 4.74 Å². The van der Waals surface area contributed by atoms with Crippen LogP contribution in [0.1, 0.15) is 42.4 Å². The van der Waals surface area contributed by atoms with Crippen LogP contribution in [-0.4, -0.2) is 35.1 Å². The molecule has 6 unspecified atom stereocenters. The summed E-state index contributed by atoms with van der Waals surface area (Å²) < 4.78 is 6.66. The third-order valence-corrected chi connectivity index (χ3v) is 11.6. The van der Waals surface area contributed by atoms with Crippen molar-refractivity contribution in [3.8, 4) is 11.5 Å². The Hall–Kier alpha value is -5.08. The number of aromatic hydroxyl groups is 1. The van der Waals surface area contributed by atoms with Crippen LogP contribution >= 0.6 is 15.9 Å². The number of ether oxygens (including phenoxy) is 1. The number of halogens is 1. The number of nitrogens with zero attached hydrogens (tertiary/aromatic N) is 1.